The molecule has 0 spiro atoms. The fourth-order valence-corrected chi connectivity index (χ4v) is 7.66. The Morgan fingerprint density at radius 1 is 1.13 bits per heavy atom. The molecule has 3 N–H and O–H groups in total. The van der Waals surface area contributed by atoms with Gasteiger partial charge in [-0.1, -0.05) is 25.5 Å². The molecule has 5 aliphatic rings. The maximum absolute atomic E-state index is 12.9. The van der Waals surface area contributed by atoms with Crippen LogP contribution < -0.4 is 9.80 Å². The molecule has 0 aromatic heterocycles. The molecular weight excluding hydrogens is 376 g/mol. The highest BCUT2D eigenvalue weighted by molar-refractivity contribution is 5.76. The number of hydrogen-bond donors (Lipinski definition) is 3. The lowest BCUT2D eigenvalue weighted by Crippen LogP contribution is -3.21. The van der Waals surface area contributed by atoms with Crippen molar-refractivity contribution >= 4 is 5.97 Å². The molecule has 0 aromatic rings. The number of carbonyl (C=O) groups is 1. The van der Waals surface area contributed by atoms with Gasteiger partial charge in [-0.05, 0) is 38.0 Å². The maximum atomic E-state index is 12.9. The normalized spacial score (nSPS) is 47.2. The summed E-state index contributed by atoms with van der Waals surface area (Å²) in [6, 6.07) is 0.826. The molecule has 0 radical (unpaired) electrons. The Kier molecular flexibility index (Phi) is 5.74. The van der Waals surface area contributed by atoms with E-state index in [0.29, 0.717) is 5.92 Å². The minimum atomic E-state index is -0.469. The van der Waals surface area contributed by atoms with E-state index >= 15 is 0 Å². The van der Waals surface area contributed by atoms with Crippen LogP contribution in [-0.2, 0) is 9.53 Å². The highest BCUT2D eigenvalue weighted by Gasteiger charge is 2.60. The van der Waals surface area contributed by atoms with E-state index in [1.54, 1.807) is 4.90 Å². The number of esters is 1. The van der Waals surface area contributed by atoms with Crippen molar-refractivity contribution in [3.05, 3.63) is 11.6 Å². The first-order chi connectivity index (χ1) is 14.5. The summed E-state index contributed by atoms with van der Waals surface area (Å²) in [6.45, 7) is 10.4. The number of aliphatic hydroxyl groups excluding tert-OH is 1. The third-order valence-corrected chi connectivity index (χ3v) is 9.84. The van der Waals surface area contributed by atoms with Crippen molar-refractivity contribution < 1.29 is 24.4 Å². The molecule has 2 aliphatic carbocycles. The van der Waals surface area contributed by atoms with Gasteiger partial charge in [0.25, 0.3) is 0 Å². The Bertz CT molecular complexity index is 680. The first-order valence-electron chi connectivity index (χ1n) is 12.7. The molecule has 0 unspecified atom stereocenters. The summed E-state index contributed by atoms with van der Waals surface area (Å²) in [5.41, 5.74) is 1.15. The van der Waals surface area contributed by atoms with Crippen LogP contribution in [-0.4, -0.2) is 62.0 Å². The number of ether oxygens (including phenoxy) is 1. The van der Waals surface area contributed by atoms with Crippen molar-refractivity contribution in [1.29, 1.82) is 0 Å². The van der Waals surface area contributed by atoms with Crippen LogP contribution in [0.2, 0.25) is 0 Å². The Balaban J connectivity index is 1.25. The monoisotopic (exact) mass is 418 g/mol. The second-order valence-electron chi connectivity index (χ2n) is 11.2. The van der Waals surface area contributed by atoms with Crippen LogP contribution in [0.4, 0.5) is 0 Å². The van der Waals surface area contributed by atoms with E-state index < -0.39 is 6.10 Å². The van der Waals surface area contributed by atoms with Crippen molar-refractivity contribution in [2.75, 3.05) is 32.7 Å². The molecular formula is C25H42N2O3+2. The van der Waals surface area contributed by atoms with Gasteiger partial charge in [-0.3, -0.25) is 4.79 Å². The summed E-state index contributed by atoms with van der Waals surface area (Å²) in [4.78, 5) is 16.3. The Hall–Kier alpha value is -0.910. The van der Waals surface area contributed by atoms with E-state index in [1.807, 2.05) is 4.90 Å². The van der Waals surface area contributed by atoms with E-state index in [4.69, 9.17) is 4.74 Å². The number of carbonyl (C=O) groups excluding carboxylic acids is 1. The van der Waals surface area contributed by atoms with Crippen molar-refractivity contribution in [2.45, 2.75) is 83.5 Å². The smallest absolute Gasteiger partial charge is 0.315 e. The number of aliphatic hydroxyl groups is 1. The van der Waals surface area contributed by atoms with Crippen molar-refractivity contribution in [3.63, 3.8) is 0 Å². The lowest BCUT2D eigenvalue weighted by molar-refractivity contribution is -0.961. The summed E-state index contributed by atoms with van der Waals surface area (Å²) in [5.74, 6) is 0.251. The highest BCUT2D eigenvalue weighted by atomic mass is 16.6. The molecule has 0 bridgehead atoms. The number of fused-ring (bicyclic) bond motifs is 2. The topological polar surface area (TPSA) is 55.4 Å². The Morgan fingerprint density at radius 2 is 1.87 bits per heavy atom. The van der Waals surface area contributed by atoms with Gasteiger partial charge in [-0.15, -0.1) is 0 Å². The first-order valence-corrected chi connectivity index (χ1v) is 12.7. The average molecular weight is 419 g/mol. The summed E-state index contributed by atoms with van der Waals surface area (Å²) in [6.07, 6.45) is 11.6. The molecule has 30 heavy (non-hydrogen) atoms. The number of piperidine rings is 2. The molecule has 3 saturated heterocycles. The van der Waals surface area contributed by atoms with Crippen LogP contribution in [0.15, 0.2) is 11.6 Å². The average Bonchev–Trinajstić information content (AvgIpc) is 3.07. The van der Waals surface area contributed by atoms with Gasteiger partial charge in [-0.2, -0.15) is 0 Å². The molecule has 5 heteroatoms. The zero-order valence-electron chi connectivity index (χ0n) is 19.0. The fourth-order valence-electron chi connectivity index (χ4n) is 7.66. The van der Waals surface area contributed by atoms with Crippen molar-refractivity contribution in [1.82, 2.24) is 0 Å². The van der Waals surface area contributed by atoms with Gasteiger partial charge < -0.3 is 19.6 Å². The van der Waals surface area contributed by atoms with Gasteiger partial charge in [0.15, 0.2) is 0 Å². The third kappa shape index (κ3) is 3.45. The Labute approximate surface area is 181 Å². The predicted octanol–water partition coefficient (Wildman–Crippen LogP) is 0.388. The van der Waals surface area contributed by atoms with Crippen LogP contribution in [0.3, 0.4) is 0 Å². The van der Waals surface area contributed by atoms with E-state index in [-0.39, 0.29) is 29.3 Å². The lowest BCUT2D eigenvalue weighted by atomic mass is 9.55. The van der Waals surface area contributed by atoms with Gasteiger partial charge in [0.05, 0.1) is 44.9 Å². The second kappa shape index (κ2) is 8.22. The summed E-state index contributed by atoms with van der Waals surface area (Å²) in [7, 11) is 0. The summed E-state index contributed by atoms with van der Waals surface area (Å²) in [5, 5.41) is 11.5. The number of allylic oxidation sites excluding steroid dienone is 1. The van der Waals surface area contributed by atoms with Crippen LogP contribution >= 0.6 is 0 Å². The molecule has 0 amide bonds. The molecule has 6 atom stereocenters. The molecule has 1 saturated carbocycles. The van der Waals surface area contributed by atoms with Gasteiger partial charge in [-0.25, -0.2) is 0 Å². The van der Waals surface area contributed by atoms with E-state index in [0.717, 1.165) is 31.8 Å². The fraction of sp³-hybridized carbons (Fsp3) is 0.880. The summed E-state index contributed by atoms with van der Waals surface area (Å²) < 4.78 is 5.88. The van der Waals surface area contributed by atoms with Gasteiger partial charge in [0, 0.05) is 30.6 Å². The number of rotatable bonds is 3. The standard InChI is InChI=1S/C25H40N2O3/c1-17-7-6-8-18-15-21-22(23(28)25(17,18)2)20(24(29)30-21)16-26-13-9-19(10-14-26)27-11-4-3-5-12-27/h8,17,19-23,28H,3-7,9-16H2,1-2H3/p+2/t17-,20+,21+,22+,23-,25+/m0/s1. The van der Waals surface area contributed by atoms with Gasteiger partial charge >= 0.3 is 5.97 Å². The molecule has 4 fully saturated rings. The van der Waals surface area contributed by atoms with Gasteiger partial charge in [0.1, 0.15) is 12.0 Å². The van der Waals surface area contributed by atoms with Crippen LogP contribution in [0.1, 0.15) is 65.2 Å². The minimum absolute atomic E-state index is 0.0295. The number of hydrogen-bond acceptors (Lipinski definition) is 3. The lowest BCUT2D eigenvalue weighted by Gasteiger charge is -2.51. The van der Waals surface area contributed by atoms with Crippen molar-refractivity contribution in [3.8, 4) is 0 Å². The quantitative estimate of drug-likeness (QED) is 0.459. The second-order valence-corrected chi connectivity index (χ2v) is 11.2. The summed E-state index contributed by atoms with van der Waals surface area (Å²) >= 11 is 0. The number of nitrogens with one attached hydrogen (secondary N) is 2. The van der Waals surface area contributed by atoms with Crippen molar-refractivity contribution in [2.24, 2.45) is 23.2 Å². The maximum Gasteiger partial charge on any atom is 0.315 e. The molecule has 168 valence electrons. The predicted molar refractivity (Wildman–Crippen MR) is 115 cm³/mol. The van der Waals surface area contributed by atoms with E-state index in [2.05, 4.69) is 19.9 Å². The Morgan fingerprint density at radius 3 is 2.60 bits per heavy atom. The molecule has 0 aromatic carbocycles. The van der Waals surface area contributed by atoms with E-state index in [1.165, 1.54) is 63.9 Å². The number of likely N-dealkylation sites (tertiary alicyclic amines) is 2. The highest BCUT2D eigenvalue weighted by Crippen LogP contribution is 2.55. The van der Waals surface area contributed by atoms with Crippen LogP contribution in [0, 0.1) is 23.2 Å². The largest absolute Gasteiger partial charge is 0.461 e. The first kappa shape index (κ1) is 21.0. The molecule has 3 aliphatic heterocycles. The van der Waals surface area contributed by atoms with Crippen LogP contribution in [0.25, 0.3) is 0 Å². The zero-order chi connectivity index (χ0) is 20.9. The molecule has 3 heterocycles. The van der Waals surface area contributed by atoms with Crippen LogP contribution in [0.5, 0.6) is 0 Å². The third-order valence-electron chi connectivity index (χ3n) is 9.84. The zero-order valence-corrected chi connectivity index (χ0v) is 19.0. The van der Waals surface area contributed by atoms with Gasteiger partial charge in [0.2, 0.25) is 0 Å². The molecule has 5 rings (SSSR count). The molecule has 5 nitrogen and oxygen atoms in total. The SMILES string of the molecule is C[C@H]1CCC=C2C[C@H]3OC(=O)[C@H](C[NH+]4CCC([NH+]5CCCCC5)CC4)[C@H]3[C@H](O)[C@@]21C. The minimum Gasteiger partial charge on any atom is -0.461 e. The number of quaternary nitrogens is 2. The van der Waals surface area contributed by atoms with E-state index in [9.17, 15) is 9.90 Å².